The van der Waals surface area contributed by atoms with Gasteiger partial charge >= 0.3 is 5.69 Å². The molecule has 122 valence electrons. The van der Waals surface area contributed by atoms with Crippen molar-refractivity contribution in [1.29, 1.82) is 0 Å². The summed E-state index contributed by atoms with van der Waals surface area (Å²) in [5.74, 6) is 0.176. The average molecular weight is 325 g/mol. The van der Waals surface area contributed by atoms with Gasteiger partial charge in [0.1, 0.15) is 0 Å². The highest BCUT2D eigenvalue weighted by atomic mass is 32.2. The van der Waals surface area contributed by atoms with Crippen LogP contribution in [-0.4, -0.2) is 29.8 Å². The molecule has 0 saturated carbocycles. The summed E-state index contributed by atoms with van der Waals surface area (Å²) >= 11 is 0. The molecule has 6 nitrogen and oxygen atoms in total. The van der Waals surface area contributed by atoms with Crippen LogP contribution in [-0.2, 0) is 30.5 Å². The van der Waals surface area contributed by atoms with Gasteiger partial charge in [0, 0.05) is 20.6 Å². The maximum absolute atomic E-state index is 11.9. The monoisotopic (exact) mass is 325 g/mol. The number of fused-ring (bicyclic) bond motifs is 1. The number of nitrogens with one attached hydrogen (secondary N) is 1. The second-order valence-corrected chi connectivity index (χ2v) is 7.47. The number of imidazole rings is 1. The van der Waals surface area contributed by atoms with E-state index in [1.54, 1.807) is 23.2 Å². The Hall–Kier alpha value is -1.60. The van der Waals surface area contributed by atoms with Crippen molar-refractivity contribution in [2.45, 2.75) is 26.2 Å². The van der Waals surface area contributed by atoms with Gasteiger partial charge in [-0.2, -0.15) is 0 Å². The summed E-state index contributed by atoms with van der Waals surface area (Å²) in [6.07, 6.45) is 2.14. The molecule has 0 aliphatic heterocycles. The highest BCUT2D eigenvalue weighted by molar-refractivity contribution is 7.89. The summed E-state index contributed by atoms with van der Waals surface area (Å²) in [4.78, 5) is 11.9. The van der Waals surface area contributed by atoms with Crippen molar-refractivity contribution < 1.29 is 8.42 Å². The van der Waals surface area contributed by atoms with Gasteiger partial charge in [0.2, 0.25) is 10.0 Å². The molecule has 0 amide bonds. The number of nitrogens with zero attached hydrogens (tertiary/aromatic N) is 2. The van der Waals surface area contributed by atoms with E-state index in [1.807, 2.05) is 25.1 Å². The van der Waals surface area contributed by atoms with Crippen molar-refractivity contribution in [3.05, 3.63) is 34.2 Å². The molecule has 7 heteroatoms. The molecule has 22 heavy (non-hydrogen) atoms. The van der Waals surface area contributed by atoms with Crippen LogP contribution in [0.5, 0.6) is 0 Å². The first kappa shape index (κ1) is 16.8. The lowest BCUT2D eigenvalue weighted by Gasteiger charge is -2.06. The van der Waals surface area contributed by atoms with Gasteiger partial charge in [0.05, 0.1) is 16.8 Å². The Morgan fingerprint density at radius 3 is 2.50 bits per heavy atom. The Morgan fingerprint density at radius 2 is 1.82 bits per heavy atom. The number of unbranched alkanes of at least 4 members (excludes halogenated alkanes) is 1. The number of sulfonamides is 1. The molecule has 0 fully saturated rings. The van der Waals surface area contributed by atoms with Crippen molar-refractivity contribution in [3.8, 4) is 0 Å². The highest BCUT2D eigenvalue weighted by Gasteiger charge is 2.10. The van der Waals surface area contributed by atoms with Gasteiger partial charge in [-0.25, -0.2) is 17.9 Å². The molecule has 0 aliphatic rings. The van der Waals surface area contributed by atoms with E-state index in [2.05, 4.69) is 4.72 Å². The molecular weight excluding hydrogens is 302 g/mol. The van der Waals surface area contributed by atoms with Crippen LogP contribution < -0.4 is 10.4 Å². The summed E-state index contributed by atoms with van der Waals surface area (Å²) in [5.41, 5.74) is 2.68. The first-order chi connectivity index (χ1) is 10.4. The van der Waals surface area contributed by atoms with Crippen molar-refractivity contribution >= 4 is 21.1 Å². The van der Waals surface area contributed by atoms with Gasteiger partial charge in [-0.05, 0) is 30.5 Å². The zero-order chi connectivity index (χ0) is 16.3. The SMILES string of the molecule is CCCCS(=O)(=O)NCCc1ccc2c(c1)n(C)c(=O)n2C. The minimum Gasteiger partial charge on any atom is -0.295 e. The largest absolute Gasteiger partial charge is 0.328 e. The molecule has 0 saturated heterocycles. The Bertz CT molecular complexity index is 818. The second-order valence-electron chi connectivity index (χ2n) is 5.54. The minimum atomic E-state index is -3.18. The molecule has 2 aromatic rings. The Balaban J connectivity index is 2.07. The average Bonchev–Trinajstić information content (AvgIpc) is 2.70. The third kappa shape index (κ3) is 3.59. The number of hydrogen-bond acceptors (Lipinski definition) is 3. The molecule has 0 atom stereocenters. The van der Waals surface area contributed by atoms with Gasteiger partial charge in [-0.3, -0.25) is 9.13 Å². The first-order valence-corrected chi connectivity index (χ1v) is 9.12. The molecule has 1 aromatic heterocycles. The van der Waals surface area contributed by atoms with Crippen molar-refractivity contribution in [3.63, 3.8) is 0 Å². The quantitative estimate of drug-likeness (QED) is 0.829. The fourth-order valence-electron chi connectivity index (χ4n) is 2.47. The molecule has 0 radical (unpaired) electrons. The van der Waals surface area contributed by atoms with E-state index < -0.39 is 10.0 Å². The fraction of sp³-hybridized carbons (Fsp3) is 0.533. The van der Waals surface area contributed by atoms with Gasteiger partial charge < -0.3 is 0 Å². The predicted octanol–water partition coefficient (Wildman–Crippen LogP) is 1.14. The molecule has 1 heterocycles. The van der Waals surface area contributed by atoms with E-state index >= 15 is 0 Å². The summed E-state index contributed by atoms with van der Waals surface area (Å²) in [6, 6.07) is 5.77. The molecular formula is C15H23N3O3S. The third-order valence-electron chi connectivity index (χ3n) is 3.84. The number of benzene rings is 1. The lowest BCUT2D eigenvalue weighted by molar-refractivity contribution is 0.578. The van der Waals surface area contributed by atoms with Crippen LogP contribution in [0.1, 0.15) is 25.3 Å². The predicted molar refractivity (Wildman–Crippen MR) is 88.6 cm³/mol. The number of hydrogen-bond donors (Lipinski definition) is 1. The van der Waals surface area contributed by atoms with Crippen LogP contribution in [0, 0.1) is 0 Å². The second kappa shape index (κ2) is 6.66. The maximum atomic E-state index is 11.9. The summed E-state index contributed by atoms with van der Waals surface area (Å²) < 4.78 is 29.3. The summed E-state index contributed by atoms with van der Waals surface area (Å²) in [5, 5.41) is 0. The minimum absolute atomic E-state index is 0.0626. The molecule has 0 spiro atoms. The molecule has 0 aliphatic carbocycles. The smallest absolute Gasteiger partial charge is 0.295 e. The Labute approximate surface area is 130 Å². The Morgan fingerprint density at radius 1 is 1.14 bits per heavy atom. The van der Waals surface area contributed by atoms with Gasteiger partial charge in [-0.1, -0.05) is 19.4 Å². The Kier molecular flexibility index (Phi) is 5.08. The number of rotatable bonds is 7. The van der Waals surface area contributed by atoms with E-state index in [9.17, 15) is 13.2 Å². The maximum Gasteiger partial charge on any atom is 0.328 e. The van der Waals surface area contributed by atoms with Crippen LogP contribution >= 0.6 is 0 Å². The van der Waals surface area contributed by atoms with E-state index in [0.717, 1.165) is 23.0 Å². The molecule has 1 aromatic carbocycles. The van der Waals surface area contributed by atoms with E-state index in [-0.39, 0.29) is 11.4 Å². The lowest BCUT2D eigenvalue weighted by atomic mass is 10.1. The van der Waals surface area contributed by atoms with Crippen LogP contribution in [0.4, 0.5) is 0 Å². The zero-order valence-corrected chi connectivity index (χ0v) is 14.1. The van der Waals surface area contributed by atoms with Crippen LogP contribution in [0.2, 0.25) is 0 Å². The van der Waals surface area contributed by atoms with Crippen LogP contribution in [0.25, 0.3) is 11.0 Å². The van der Waals surface area contributed by atoms with Crippen LogP contribution in [0.15, 0.2) is 23.0 Å². The van der Waals surface area contributed by atoms with Gasteiger partial charge in [-0.15, -0.1) is 0 Å². The lowest BCUT2D eigenvalue weighted by Crippen LogP contribution is -2.28. The zero-order valence-electron chi connectivity index (χ0n) is 13.3. The van der Waals surface area contributed by atoms with Gasteiger partial charge in [0.15, 0.2) is 0 Å². The standard InChI is InChI=1S/C15H23N3O3S/c1-4-5-10-22(20,21)16-9-8-12-6-7-13-14(11-12)18(3)15(19)17(13)2/h6-7,11,16H,4-5,8-10H2,1-3H3. The molecule has 0 bridgehead atoms. The van der Waals surface area contributed by atoms with E-state index in [1.165, 1.54) is 0 Å². The number of aryl methyl sites for hydroxylation is 2. The summed E-state index contributed by atoms with van der Waals surface area (Å²) in [7, 11) is 0.304. The van der Waals surface area contributed by atoms with Gasteiger partial charge in [0.25, 0.3) is 0 Å². The number of aromatic nitrogens is 2. The third-order valence-corrected chi connectivity index (χ3v) is 5.31. The topological polar surface area (TPSA) is 73.1 Å². The van der Waals surface area contributed by atoms with Crippen molar-refractivity contribution in [1.82, 2.24) is 13.9 Å². The van der Waals surface area contributed by atoms with Crippen LogP contribution in [0.3, 0.4) is 0 Å². The highest BCUT2D eigenvalue weighted by Crippen LogP contribution is 2.14. The molecule has 1 N–H and O–H groups in total. The van der Waals surface area contributed by atoms with Crippen molar-refractivity contribution in [2.75, 3.05) is 12.3 Å². The fourth-order valence-corrected chi connectivity index (χ4v) is 3.69. The van der Waals surface area contributed by atoms with E-state index in [4.69, 9.17) is 0 Å². The normalized spacial score (nSPS) is 12.1. The molecule has 0 unspecified atom stereocenters. The first-order valence-electron chi connectivity index (χ1n) is 7.47. The summed E-state index contributed by atoms with van der Waals surface area (Å²) in [6.45, 7) is 2.34. The van der Waals surface area contributed by atoms with E-state index in [0.29, 0.717) is 19.4 Å². The van der Waals surface area contributed by atoms with Crippen molar-refractivity contribution in [2.24, 2.45) is 14.1 Å². The molecule has 2 rings (SSSR count).